The smallest absolute Gasteiger partial charge is 0.320 e. The van der Waals surface area contributed by atoms with Crippen molar-refractivity contribution < 1.29 is 15.0 Å². The zero-order chi connectivity index (χ0) is 12.4. The molecule has 1 atom stereocenters. The SMILES string of the molecule is Cl.N[C@@H](Cc1ccc2cc(O)ccc2c1)C(=O)O. The fraction of sp³-hybridized carbons (Fsp3) is 0.154. The molecule has 5 heteroatoms. The first-order chi connectivity index (χ1) is 8.06. The van der Waals surface area contributed by atoms with Crippen LogP contribution < -0.4 is 5.73 Å². The fourth-order valence-electron chi connectivity index (χ4n) is 1.75. The lowest BCUT2D eigenvalue weighted by atomic mass is 10.0. The van der Waals surface area contributed by atoms with E-state index in [1.165, 1.54) is 0 Å². The Morgan fingerprint density at radius 2 is 1.78 bits per heavy atom. The normalized spacial score (nSPS) is 11.8. The first-order valence-corrected chi connectivity index (χ1v) is 5.26. The van der Waals surface area contributed by atoms with Crippen molar-refractivity contribution in [3.8, 4) is 5.75 Å². The molecule has 0 fully saturated rings. The summed E-state index contributed by atoms with van der Waals surface area (Å²) in [6.45, 7) is 0. The molecule has 0 aromatic heterocycles. The number of phenols is 1. The van der Waals surface area contributed by atoms with E-state index in [4.69, 9.17) is 10.8 Å². The van der Waals surface area contributed by atoms with Crippen LogP contribution in [0, 0.1) is 0 Å². The summed E-state index contributed by atoms with van der Waals surface area (Å²) in [5.74, 6) is -0.789. The highest BCUT2D eigenvalue weighted by molar-refractivity contribution is 5.85. The second kappa shape index (κ2) is 5.71. The van der Waals surface area contributed by atoms with E-state index in [9.17, 15) is 9.90 Å². The highest BCUT2D eigenvalue weighted by atomic mass is 35.5. The first-order valence-electron chi connectivity index (χ1n) is 5.26. The van der Waals surface area contributed by atoms with Crippen molar-refractivity contribution in [3.05, 3.63) is 42.0 Å². The predicted octanol–water partition coefficient (Wildman–Crippen LogP) is 1.92. The van der Waals surface area contributed by atoms with Crippen LogP contribution in [-0.4, -0.2) is 22.2 Å². The predicted molar refractivity (Wildman–Crippen MR) is 72.2 cm³/mol. The van der Waals surface area contributed by atoms with Crippen molar-refractivity contribution in [1.29, 1.82) is 0 Å². The van der Waals surface area contributed by atoms with Crippen LogP contribution >= 0.6 is 12.4 Å². The molecular formula is C13H14ClNO3. The summed E-state index contributed by atoms with van der Waals surface area (Å²) in [4.78, 5) is 10.7. The summed E-state index contributed by atoms with van der Waals surface area (Å²) in [5, 5.41) is 19.9. The van der Waals surface area contributed by atoms with Crippen molar-refractivity contribution in [2.75, 3.05) is 0 Å². The van der Waals surface area contributed by atoms with Gasteiger partial charge in [-0.3, -0.25) is 4.79 Å². The van der Waals surface area contributed by atoms with Crippen LogP contribution in [0.1, 0.15) is 5.56 Å². The molecule has 0 bridgehead atoms. The van der Waals surface area contributed by atoms with Gasteiger partial charge in [-0.05, 0) is 34.9 Å². The van der Waals surface area contributed by atoms with Gasteiger partial charge in [0.15, 0.2) is 0 Å². The second-order valence-electron chi connectivity index (χ2n) is 4.01. The number of hydrogen-bond donors (Lipinski definition) is 3. The van der Waals surface area contributed by atoms with Gasteiger partial charge in [0.1, 0.15) is 11.8 Å². The molecule has 0 unspecified atom stereocenters. The molecule has 0 aliphatic heterocycles. The molecule has 2 aromatic carbocycles. The number of fused-ring (bicyclic) bond motifs is 1. The zero-order valence-corrected chi connectivity index (χ0v) is 10.4. The lowest BCUT2D eigenvalue weighted by molar-refractivity contribution is -0.138. The van der Waals surface area contributed by atoms with Gasteiger partial charge in [-0.25, -0.2) is 0 Å². The summed E-state index contributed by atoms with van der Waals surface area (Å²) in [6.07, 6.45) is 0.298. The molecule has 4 N–H and O–H groups in total. The molecule has 0 heterocycles. The van der Waals surface area contributed by atoms with Crippen LogP contribution in [0.4, 0.5) is 0 Å². The summed E-state index contributed by atoms with van der Waals surface area (Å²) < 4.78 is 0. The Morgan fingerprint density at radius 3 is 2.44 bits per heavy atom. The van der Waals surface area contributed by atoms with Gasteiger partial charge in [-0.1, -0.05) is 24.3 Å². The van der Waals surface area contributed by atoms with E-state index in [1.807, 2.05) is 18.2 Å². The molecule has 2 aromatic rings. The van der Waals surface area contributed by atoms with E-state index >= 15 is 0 Å². The Morgan fingerprint density at radius 1 is 1.17 bits per heavy atom. The first kappa shape index (κ1) is 14.3. The molecule has 96 valence electrons. The number of carboxylic acids is 1. The quantitative estimate of drug-likeness (QED) is 0.793. The highest BCUT2D eigenvalue weighted by Gasteiger charge is 2.12. The third-order valence-corrected chi connectivity index (χ3v) is 2.66. The van der Waals surface area contributed by atoms with E-state index in [0.29, 0.717) is 6.42 Å². The molecule has 0 saturated carbocycles. The third-order valence-electron chi connectivity index (χ3n) is 2.66. The highest BCUT2D eigenvalue weighted by Crippen LogP contribution is 2.21. The van der Waals surface area contributed by atoms with Gasteiger partial charge in [-0.15, -0.1) is 12.4 Å². The van der Waals surface area contributed by atoms with Crippen molar-refractivity contribution >= 4 is 29.1 Å². The van der Waals surface area contributed by atoms with Crippen LogP contribution in [-0.2, 0) is 11.2 Å². The molecule has 0 aliphatic rings. The molecular weight excluding hydrogens is 254 g/mol. The maximum Gasteiger partial charge on any atom is 0.320 e. The summed E-state index contributed by atoms with van der Waals surface area (Å²) in [7, 11) is 0. The standard InChI is InChI=1S/C13H13NO3.ClH/c14-12(13(16)17)6-8-1-2-10-7-11(15)4-3-9(10)5-8;/h1-5,7,12,15H,6,14H2,(H,16,17);1H/t12-;/m0./s1. The summed E-state index contributed by atoms with van der Waals surface area (Å²) in [5.41, 5.74) is 6.35. The number of nitrogens with two attached hydrogens (primary N) is 1. The number of phenolic OH excluding ortho intramolecular Hbond substituents is 1. The van der Waals surface area contributed by atoms with E-state index in [2.05, 4.69) is 0 Å². The Labute approximate surface area is 110 Å². The van der Waals surface area contributed by atoms with Gasteiger partial charge < -0.3 is 15.9 Å². The van der Waals surface area contributed by atoms with E-state index in [-0.39, 0.29) is 18.2 Å². The average molecular weight is 268 g/mol. The van der Waals surface area contributed by atoms with E-state index in [0.717, 1.165) is 16.3 Å². The molecule has 0 radical (unpaired) electrons. The lowest BCUT2D eigenvalue weighted by Gasteiger charge is -2.07. The molecule has 0 aliphatic carbocycles. The minimum absolute atomic E-state index is 0. The Hall–Kier alpha value is -1.78. The van der Waals surface area contributed by atoms with Crippen LogP contribution in [0.2, 0.25) is 0 Å². The van der Waals surface area contributed by atoms with Crippen molar-refractivity contribution in [3.63, 3.8) is 0 Å². The van der Waals surface area contributed by atoms with Crippen molar-refractivity contribution in [2.24, 2.45) is 5.73 Å². The monoisotopic (exact) mass is 267 g/mol. The summed E-state index contributed by atoms with van der Waals surface area (Å²) in [6, 6.07) is 9.73. The number of aliphatic carboxylic acids is 1. The van der Waals surface area contributed by atoms with Crippen molar-refractivity contribution in [2.45, 2.75) is 12.5 Å². The third kappa shape index (κ3) is 3.12. The number of benzene rings is 2. The number of carboxylic acid groups (broad SMARTS) is 1. The zero-order valence-electron chi connectivity index (χ0n) is 9.54. The van der Waals surface area contributed by atoms with Crippen LogP contribution in [0.25, 0.3) is 10.8 Å². The molecule has 18 heavy (non-hydrogen) atoms. The fourth-order valence-corrected chi connectivity index (χ4v) is 1.75. The van der Waals surface area contributed by atoms with E-state index in [1.54, 1.807) is 18.2 Å². The Bertz CT molecular complexity index is 571. The topological polar surface area (TPSA) is 83.5 Å². The van der Waals surface area contributed by atoms with Gasteiger partial charge in [0.2, 0.25) is 0 Å². The second-order valence-corrected chi connectivity index (χ2v) is 4.01. The largest absolute Gasteiger partial charge is 0.508 e. The Kier molecular flexibility index (Phi) is 4.53. The maximum atomic E-state index is 10.7. The maximum absolute atomic E-state index is 10.7. The molecule has 4 nitrogen and oxygen atoms in total. The molecule has 0 saturated heterocycles. The number of aromatic hydroxyl groups is 1. The molecule has 0 amide bonds. The molecule has 2 rings (SSSR count). The van der Waals surface area contributed by atoms with Gasteiger partial charge >= 0.3 is 5.97 Å². The van der Waals surface area contributed by atoms with Gasteiger partial charge in [-0.2, -0.15) is 0 Å². The van der Waals surface area contributed by atoms with Gasteiger partial charge in [0.25, 0.3) is 0 Å². The minimum atomic E-state index is -1.00. The van der Waals surface area contributed by atoms with Gasteiger partial charge in [0.05, 0.1) is 0 Å². The lowest BCUT2D eigenvalue weighted by Crippen LogP contribution is -2.32. The number of halogens is 1. The minimum Gasteiger partial charge on any atom is -0.508 e. The van der Waals surface area contributed by atoms with Gasteiger partial charge in [0, 0.05) is 0 Å². The van der Waals surface area contributed by atoms with E-state index < -0.39 is 12.0 Å². The summed E-state index contributed by atoms with van der Waals surface area (Å²) >= 11 is 0. The molecule has 0 spiro atoms. The van der Waals surface area contributed by atoms with Crippen molar-refractivity contribution in [1.82, 2.24) is 0 Å². The van der Waals surface area contributed by atoms with Crippen LogP contribution in [0.3, 0.4) is 0 Å². The average Bonchev–Trinajstić information content (AvgIpc) is 2.29. The number of rotatable bonds is 3. The van der Waals surface area contributed by atoms with Crippen LogP contribution in [0.15, 0.2) is 36.4 Å². The number of carbonyl (C=O) groups is 1. The Balaban J connectivity index is 0.00000162. The number of hydrogen-bond acceptors (Lipinski definition) is 3. The van der Waals surface area contributed by atoms with Crippen LogP contribution in [0.5, 0.6) is 5.75 Å².